The molecule has 1 aromatic rings. The number of hydrogen-bond acceptors (Lipinski definition) is 4. The zero-order valence-corrected chi connectivity index (χ0v) is 9.63. The average Bonchev–Trinajstić information content (AvgIpc) is 2.73. The maximum Gasteiger partial charge on any atom is 0.137 e. The number of likely N-dealkylation sites (tertiary alicyclic amines) is 1. The van der Waals surface area contributed by atoms with Crippen LogP contribution in [0.1, 0.15) is 34.5 Å². The number of carbonyl (C=O) groups is 1. The maximum atomic E-state index is 10.9. The van der Waals surface area contributed by atoms with E-state index in [1.54, 1.807) is 11.3 Å². The van der Waals surface area contributed by atoms with Crippen LogP contribution in [0.15, 0.2) is 0 Å². The van der Waals surface area contributed by atoms with Gasteiger partial charge in [0, 0.05) is 11.4 Å². The molecule has 1 unspecified atom stereocenters. The zero-order chi connectivity index (χ0) is 11.0. The molecule has 1 aliphatic heterocycles. The van der Waals surface area contributed by atoms with E-state index in [0.29, 0.717) is 6.54 Å². The lowest BCUT2D eigenvalue weighted by atomic mass is 10.2. The van der Waals surface area contributed by atoms with Crippen molar-refractivity contribution in [1.29, 1.82) is 0 Å². The molecule has 0 aromatic carbocycles. The van der Waals surface area contributed by atoms with Crippen molar-refractivity contribution >= 4 is 17.4 Å². The molecule has 1 aromatic heterocycles. The number of thiazole rings is 1. The second-order valence-corrected chi connectivity index (χ2v) is 5.05. The third-order valence-corrected chi connectivity index (χ3v) is 3.99. The van der Waals surface area contributed by atoms with Crippen molar-refractivity contribution in [2.24, 2.45) is 0 Å². The molecule has 1 saturated heterocycles. The summed E-state index contributed by atoms with van der Waals surface area (Å²) in [7, 11) is 0. The third-order valence-electron chi connectivity index (χ3n) is 2.82. The molecule has 2 heterocycles. The quantitative estimate of drug-likeness (QED) is 0.722. The van der Waals surface area contributed by atoms with Crippen LogP contribution >= 0.6 is 11.3 Å². The van der Waals surface area contributed by atoms with E-state index >= 15 is 0 Å². The number of carbonyl (C=O) groups excluding carboxylic acids is 1. The fraction of sp³-hybridized carbons (Fsp3) is 0.600. The monoisotopic (exact) mass is 225 g/mol. The van der Waals surface area contributed by atoms with Gasteiger partial charge in [-0.1, -0.05) is 0 Å². The minimum atomic E-state index is -1.08. The van der Waals surface area contributed by atoms with Crippen molar-refractivity contribution in [3.63, 3.8) is 0 Å². The Kier molecular flexibility index (Phi) is 2.65. The van der Waals surface area contributed by atoms with E-state index in [4.69, 9.17) is 0 Å². The van der Waals surface area contributed by atoms with Crippen LogP contribution in [-0.4, -0.2) is 22.5 Å². The average molecular weight is 225 g/mol. The van der Waals surface area contributed by atoms with E-state index in [1.165, 1.54) is 4.90 Å². The summed E-state index contributed by atoms with van der Waals surface area (Å²) in [5.74, 6) is 0. The predicted molar refractivity (Wildman–Crippen MR) is 55.7 cm³/mol. The molecule has 4 nitrogen and oxygen atoms in total. The molecule has 2 rings (SSSR count). The summed E-state index contributed by atoms with van der Waals surface area (Å²) in [5, 5.41) is 11.8. The highest BCUT2D eigenvalue weighted by atomic mass is 32.1. The molecule has 5 heteroatoms. The molecule has 1 fully saturated rings. The molecule has 0 spiro atoms. The van der Waals surface area contributed by atoms with Gasteiger partial charge in [-0.05, 0) is 26.7 Å². The highest BCUT2D eigenvalue weighted by Gasteiger charge is 2.28. The Morgan fingerprint density at radius 1 is 1.60 bits per heavy atom. The lowest BCUT2D eigenvalue weighted by Gasteiger charge is -2.25. The van der Waals surface area contributed by atoms with Gasteiger partial charge in [-0.2, -0.15) is 0 Å². The predicted octanol–water partition coefficient (Wildman–Crippen LogP) is 1.24. The van der Waals surface area contributed by atoms with Gasteiger partial charge in [0.1, 0.15) is 11.1 Å². The summed E-state index contributed by atoms with van der Waals surface area (Å²) in [6.07, 6.45) is 0.680. The van der Waals surface area contributed by atoms with Gasteiger partial charge in [-0.3, -0.25) is 0 Å². The normalized spacial score (nSPS) is 20.9. The van der Waals surface area contributed by atoms with Gasteiger partial charge >= 0.3 is 0 Å². The molecule has 82 valence electrons. The number of aromatic nitrogens is 1. The molecule has 0 saturated carbocycles. The SMILES string of the molecule is Cc1nc(C2CCCN2C(=O)[O-])sc1C. The summed E-state index contributed by atoms with van der Waals surface area (Å²) < 4.78 is 0. The van der Waals surface area contributed by atoms with E-state index in [1.807, 2.05) is 13.8 Å². The smallest absolute Gasteiger partial charge is 0.137 e. The number of carboxylic acid groups (broad SMARTS) is 1. The van der Waals surface area contributed by atoms with Gasteiger partial charge in [-0.25, -0.2) is 4.98 Å². The largest absolute Gasteiger partial charge is 0.530 e. The Balaban J connectivity index is 2.26. The number of rotatable bonds is 1. The van der Waals surface area contributed by atoms with Crippen LogP contribution in [0.3, 0.4) is 0 Å². The lowest BCUT2D eigenvalue weighted by Crippen LogP contribution is -2.40. The van der Waals surface area contributed by atoms with Crippen molar-refractivity contribution in [1.82, 2.24) is 9.88 Å². The molecule has 1 atom stereocenters. The second-order valence-electron chi connectivity index (χ2n) is 3.81. The standard InChI is InChI=1S/C10H14N2O2S/c1-6-7(2)15-9(11-6)8-4-3-5-12(8)10(13)14/h8H,3-5H2,1-2H3,(H,13,14)/p-1. The summed E-state index contributed by atoms with van der Waals surface area (Å²) >= 11 is 1.59. The van der Waals surface area contributed by atoms with Crippen LogP contribution < -0.4 is 5.11 Å². The molecule has 1 aliphatic rings. The first kappa shape index (κ1) is 10.4. The van der Waals surface area contributed by atoms with Crippen molar-refractivity contribution < 1.29 is 9.90 Å². The minimum absolute atomic E-state index is 0.0765. The van der Waals surface area contributed by atoms with E-state index in [0.717, 1.165) is 28.4 Å². The first-order valence-corrected chi connectivity index (χ1v) is 5.83. The third kappa shape index (κ3) is 1.84. The van der Waals surface area contributed by atoms with Crippen LogP contribution in [-0.2, 0) is 0 Å². The highest BCUT2D eigenvalue weighted by molar-refractivity contribution is 7.11. The second kappa shape index (κ2) is 3.81. The van der Waals surface area contributed by atoms with Crippen LogP contribution in [0.5, 0.6) is 0 Å². The molecule has 0 bridgehead atoms. The minimum Gasteiger partial charge on any atom is -0.530 e. The van der Waals surface area contributed by atoms with Crippen LogP contribution in [0, 0.1) is 13.8 Å². The van der Waals surface area contributed by atoms with Crippen LogP contribution in [0.2, 0.25) is 0 Å². The maximum absolute atomic E-state index is 10.9. The molecule has 0 radical (unpaired) electrons. The van der Waals surface area contributed by atoms with Crippen molar-refractivity contribution in [2.75, 3.05) is 6.54 Å². The van der Waals surface area contributed by atoms with Crippen molar-refractivity contribution in [3.05, 3.63) is 15.6 Å². The number of nitrogens with zero attached hydrogens (tertiary/aromatic N) is 2. The molecule has 0 aliphatic carbocycles. The highest BCUT2D eigenvalue weighted by Crippen LogP contribution is 2.34. The topological polar surface area (TPSA) is 56.3 Å². The summed E-state index contributed by atoms with van der Waals surface area (Å²) in [5.41, 5.74) is 1.00. The Labute approximate surface area is 92.6 Å². The molecule has 15 heavy (non-hydrogen) atoms. The molecule has 1 amide bonds. The van der Waals surface area contributed by atoms with Gasteiger partial charge in [0.25, 0.3) is 0 Å². The summed E-state index contributed by atoms with van der Waals surface area (Å²) in [6, 6.07) is -0.0765. The van der Waals surface area contributed by atoms with Gasteiger partial charge in [-0.15, -0.1) is 11.3 Å². The van der Waals surface area contributed by atoms with Crippen LogP contribution in [0.25, 0.3) is 0 Å². The van der Waals surface area contributed by atoms with Gasteiger partial charge in [0.2, 0.25) is 0 Å². The van der Waals surface area contributed by atoms with Gasteiger partial charge in [0.15, 0.2) is 0 Å². The van der Waals surface area contributed by atoms with Crippen LogP contribution in [0.4, 0.5) is 4.79 Å². The Morgan fingerprint density at radius 2 is 2.33 bits per heavy atom. The van der Waals surface area contributed by atoms with E-state index in [-0.39, 0.29) is 6.04 Å². The van der Waals surface area contributed by atoms with Crippen molar-refractivity contribution in [2.45, 2.75) is 32.7 Å². The van der Waals surface area contributed by atoms with Gasteiger partial charge in [0.05, 0.1) is 11.7 Å². The first-order chi connectivity index (χ1) is 7.09. The fourth-order valence-electron chi connectivity index (χ4n) is 1.88. The first-order valence-electron chi connectivity index (χ1n) is 5.01. The Hall–Kier alpha value is -1.10. The number of hydrogen-bond donors (Lipinski definition) is 0. The lowest BCUT2D eigenvalue weighted by molar-refractivity contribution is -0.266. The van der Waals surface area contributed by atoms with Crippen molar-refractivity contribution in [3.8, 4) is 0 Å². The Morgan fingerprint density at radius 3 is 2.87 bits per heavy atom. The summed E-state index contributed by atoms with van der Waals surface area (Å²) in [4.78, 5) is 17.8. The zero-order valence-electron chi connectivity index (χ0n) is 8.82. The number of aryl methyl sites for hydroxylation is 2. The van der Waals surface area contributed by atoms with E-state index < -0.39 is 6.09 Å². The Bertz CT molecular complexity index is 369. The molecular weight excluding hydrogens is 212 g/mol. The van der Waals surface area contributed by atoms with Gasteiger partial charge < -0.3 is 14.8 Å². The molecular formula is C10H13N2O2S-. The fourth-order valence-corrected chi connectivity index (χ4v) is 2.95. The van der Waals surface area contributed by atoms with E-state index in [9.17, 15) is 9.90 Å². The number of amides is 1. The van der Waals surface area contributed by atoms with E-state index in [2.05, 4.69) is 4.98 Å². The molecule has 0 N–H and O–H groups in total. The summed E-state index contributed by atoms with van der Waals surface area (Å²) in [6.45, 7) is 4.53.